The first-order valence-corrected chi connectivity index (χ1v) is 8.37. The van der Waals surface area contributed by atoms with Crippen molar-refractivity contribution in [3.63, 3.8) is 0 Å². The van der Waals surface area contributed by atoms with E-state index in [1.54, 1.807) is 0 Å². The van der Waals surface area contributed by atoms with E-state index >= 15 is 0 Å². The molecular formula is C18H28N2. The molecule has 2 aliphatic carbocycles. The molecule has 2 aliphatic rings. The standard InChI is InChI=1S/C18H28N2/c1-3-20(17-6-4-5-7-17)18-11-8-15(12-14(18)2)13-19-16-9-10-16/h8,11-12,16-17,19H,3-7,9-10,13H2,1-2H3. The van der Waals surface area contributed by atoms with Crippen LogP contribution in [0.4, 0.5) is 5.69 Å². The molecule has 1 N–H and O–H groups in total. The lowest BCUT2D eigenvalue weighted by atomic mass is 10.1. The molecule has 2 nitrogen and oxygen atoms in total. The Morgan fingerprint density at radius 3 is 2.50 bits per heavy atom. The number of aryl methyl sites for hydroxylation is 1. The molecule has 0 unspecified atom stereocenters. The van der Waals surface area contributed by atoms with Crippen molar-refractivity contribution in [2.75, 3.05) is 11.4 Å². The topological polar surface area (TPSA) is 15.3 Å². The molecule has 0 amide bonds. The van der Waals surface area contributed by atoms with Crippen LogP contribution < -0.4 is 10.2 Å². The maximum absolute atomic E-state index is 3.60. The van der Waals surface area contributed by atoms with Gasteiger partial charge in [0.05, 0.1) is 0 Å². The Balaban J connectivity index is 1.70. The summed E-state index contributed by atoms with van der Waals surface area (Å²) in [6.07, 6.45) is 8.29. The summed E-state index contributed by atoms with van der Waals surface area (Å²) in [5.41, 5.74) is 4.32. The second-order valence-corrected chi connectivity index (χ2v) is 6.50. The van der Waals surface area contributed by atoms with Crippen LogP contribution in [-0.4, -0.2) is 18.6 Å². The average Bonchev–Trinajstić information content (AvgIpc) is 3.13. The molecule has 2 fully saturated rings. The molecule has 0 radical (unpaired) electrons. The fourth-order valence-electron chi connectivity index (χ4n) is 3.54. The Morgan fingerprint density at radius 2 is 1.90 bits per heavy atom. The van der Waals surface area contributed by atoms with Gasteiger partial charge in [-0.15, -0.1) is 0 Å². The van der Waals surface area contributed by atoms with Gasteiger partial charge in [-0.2, -0.15) is 0 Å². The Labute approximate surface area is 123 Å². The van der Waals surface area contributed by atoms with Crippen molar-refractivity contribution < 1.29 is 0 Å². The van der Waals surface area contributed by atoms with E-state index in [0.29, 0.717) is 0 Å². The van der Waals surface area contributed by atoms with Gasteiger partial charge in [-0.25, -0.2) is 0 Å². The van der Waals surface area contributed by atoms with E-state index < -0.39 is 0 Å². The maximum Gasteiger partial charge on any atom is 0.0398 e. The van der Waals surface area contributed by atoms with Gasteiger partial charge in [-0.3, -0.25) is 0 Å². The van der Waals surface area contributed by atoms with E-state index in [1.165, 1.54) is 55.3 Å². The van der Waals surface area contributed by atoms with E-state index in [0.717, 1.165) is 25.2 Å². The maximum atomic E-state index is 3.60. The van der Waals surface area contributed by atoms with Crippen LogP contribution in [-0.2, 0) is 6.54 Å². The quantitative estimate of drug-likeness (QED) is 0.841. The van der Waals surface area contributed by atoms with Crippen LogP contribution in [0, 0.1) is 6.92 Å². The third kappa shape index (κ3) is 3.17. The molecule has 3 rings (SSSR count). The monoisotopic (exact) mass is 272 g/mol. The fourth-order valence-corrected chi connectivity index (χ4v) is 3.54. The summed E-state index contributed by atoms with van der Waals surface area (Å²) in [6.45, 7) is 6.72. The van der Waals surface area contributed by atoms with Gasteiger partial charge in [0.15, 0.2) is 0 Å². The third-order valence-corrected chi connectivity index (χ3v) is 4.85. The number of nitrogens with one attached hydrogen (secondary N) is 1. The molecule has 0 heterocycles. The van der Waals surface area contributed by atoms with E-state index in [1.807, 2.05) is 0 Å². The predicted molar refractivity (Wildman–Crippen MR) is 86.3 cm³/mol. The van der Waals surface area contributed by atoms with Crippen molar-refractivity contribution in [3.05, 3.63) is 29.3 Å². The van der Waals surface area contributed by atoms with E-state index in [-0.39, 0.29) is 0 Å². The summed E-state index contributed by atoms with van der Waals surface area (Å²) in [7, 11) is 0. The van der Waals surface area contributed by atoms with Crippen LogP contribution >= 0.6 is 0 Å². The summed E-state index contributed by atoms with van der Waals surface area (Å²) in [4.78, 5) is 2.63. The van der Waals surface area contributed by atoms with Crippen molar-refractivity contribution in [1.29, 1.82) is 0 Å². The molecule has 0 bridgehead atoms. The van der Waals surface area contributed by atoms with E-state index in [4.69, 9.17) is 0 Å². The highest BCUT2D eigenvalue weighted by Gasteiger charge is 2.23. The van der Waals surface area contributed by atoms with Crippen LogP contribution in [0.1, 0.15) is 56.6 Å². The molecule has 110 valence electrons. The van der Waals surface area contributed by atoms with Crippen LogP contribution in [0.15, 0.2) is 18.2 Å². The molecule has 1 aromatic carbocycles. The SMILES string of the molecule is CCN(c1ccc(CNC2CC2)cc1C)C1CCCC1. The molecule has 2 saturated carbocycles. The molecule has 1 aromatic rings. The van der Waals surface area contributed by atoms with Gasteiger partial charge >= 0.3 is 0 Å². The predicted octanol–water partition coefficient (Wildman–Crippen LogP) is 4.02. The lowest BCUT2D eigenvalue weighted by Gasteiger charge is -2.31. The zero-order valence-corrected chi connectivity index (χ0v) is 13.0. The Hall–Kier alpha value is -1.02. The first kappa shape index (κ1) is 13.9. The minimum absolute atomic E-state index is 0.772. The smallest absolute Gasteiger partial charge is 0.0398 e. The highest BCUT2D eigenvalue weighted by atomic mass is 15.2. The molecule has 2 heteroatoms. The fraction of sp³-hybridized carbons (Fsp3) is 0.667. The van der Waals surface area contributed by atoms with E-state index in [9.17, 15) is 0 Å². The summed E-state index contributed by atoms with van der Waals surface area (Å²) in [5.74, 6) is 0. The zero-order valence-electron chi connectivity index (χ0n) is 13.0. The molecule has 20 heavy (non-hydrogen) atoms. The molecule has 0 spiro atoms. The summed E-state index contributed by atoms with van der Waals surface area (Å²) >= 11 is 0. The molecule has 0 atom stereocenters. The highest BCUT2D eigenvalue weighted by molar-refractivity contribution is 5.55. The number of hydrogen-bond donors (Lipinski definition) is 1. The van der Waals surface area contributed by atoms with Gasteiger partial charge in [0, 0.05) is 30.9 Å². The average molecular weight is 272 g/mol. The highest BCUT2D eigenvalue weighted by Crippen LogP contribution is 2.30. The normalized spacial score (nSPS) is 19.5. The second kappa shape index (κ2) is 6.17. The second-order valence-electron chi connectivity index (χ2n) is 6.50. The first-order valence-electron chi connectivity index (χ1n) is 8.37. The third-order valence-electron chi connectivity index (χ3n) is 4.85. The molecule has 0 aromatic heterocycles. The van der Waals surface area contributed by atoms with Crippen molar-refractivity contribution in [2.45, 2.75) is 71.0 Å². The van der Waals surface area contributed by atoms with E-state index in [2.05, 4.69) is 42.3 Å². The van der Waals surface area contributed by atoms with Crippen molar-refractivity contribution in [2.24, 2.45) is 0 Å². The largest absolute Gasteiger partial charge is 0.369 e. The van der Waals surface area contributed by atoms with Crippen molar-refractivity contribution in [1.82, 2.24) is 5.32 Å². The van der Waals surface area contributed by atoms with Crippen LogP contribution in [0.3, 0.4) is 0 Å². The van der Waals surface area contributed by atoms with Gasteiger partial charge < -0.3 is 10.2 Å². The van der Waals surface area contributed by atoms with Crippen LogP contribution in [0.25, 0.3) is 0 Å². The van der Waals surface area contributed by atoms with Crippen molar-refractivity contribution in [3.8, 4) is 0 Å². The number of rotatable bonds is 6. The minimum Gasteiger partial charge on any atom is -0.369 e. The Morgan fingerprint density at radius 1 is 1.15 bits per heavy atom. The van der Waals surface area contributed by atoms with Gasteiger partial charge in [0.25, 0.3) is 0 Å². The Bertz CT molecular complexity index is 445. The molecule has 0 saturated heterocycles. The van der Waals surface area contributed by atoms with Crippen LogP contribution in [0.2, 0.25) is 0 Å². The number of nitrogens with zero attached hydrogens (tertiary/aromatic N) is 1. The van der Waals surface area contributed by atoms with Gasteiger partial charge in [-0.05, 0) is 56.7 Å². The molecular weight excluding hydrogens is 244 g/mol. The van der Waals surface area contributed by atoms with Gasteiger partial charge in [0.2, 0.25) is 0 Å². The summed E-state index contributed by atoms with van der Waals surface area (Å²) in [6, 6.07) is 8.60. The van der Waals surface area contributed by atoms with Gasteiger partial charge in [-0.1, -0.05) is 25.0 Å². The number of benzene rings is 1. The number of hydrogen-bond acceptors (Lipinski definition) is 2. The summed E-state index contributed by atoms with van der Waals surface area (Å²) in [5, 5.41) is 3.60. The Kier molecular flexibility index (Phi) is 4.30. The zero-order chi connectivity index (χ0) is 13.9. The molecule has 0 aliphatic heterocycles. The lowest BCUT2D eigenvalue weighted by molar-refractivity contribution is 0.618. The van der Waals surface area contributed by atoms with Crippen molar-refractivity contribution >= 4 is 5.69 Å². The van der Waals surface area contributed by atoms with Gasteiger partial charge in [0.1, 0.15) is 0 Å². The first-order chi connectivity index (χ1) is 9.78. The number of anilines is 1. The van der Waals surface area contributed by atoms with Crippen LogP contribution in [0.5, 0.6) is 0 Å². The minimum atomic E-state index is 0.772. The summed E-state index contributed by atoms with van der Waals surface area (Å²) < 4.78 is 0. The lowest BCUT2D eigenvalue weighted by Crippen LogP contribution is -2.33.